The smallest absolute Gasteiger partial charge is 0.0715 e. The number of nitrogens with zero attached hydrogens (tertiary/aromatic N) is 3. The molecule has 3 nitrogen and oxygen atoms in total. The highest BCUT2D eigenvalue weighted by molar-refractivity contribution is 6.19. The van der Waals surface area contributed by atoms with Crippen LogP contribution in [-0.2, 0) is 0 Å². The molecule has 0 atom stereocenters. The summed E-state index contributed by atoms with van der Waals surface area (Å²) in [6.45, 7) is 2.10. The molecule has 0 radical (unpaired) electrons. The first kappa shape index (κ1) is 24.3. The summed E-state index contributed by atoms with van der Waals surface area (Å²) in [5, 5.41) is 0. The van der Waals surface area contributed by atoms with Gasteiger partial charge in [-0.1, -0.05) is 72.3 Å². The maximum atomic E-state index is 5.00. The zero-order valence-electron chi connectivity index (χ0n) is 22.2. The Morgan fingerprint density at radius 2 is 1.08 bits per heavy atom. The number of hydrogen-bond acceptors (Lipinski definition) is 3. The highest BCUT2D eigenvalue weighted by Crippen LogP contribution is 2.38. The quantitative estimate of drug-likeness (QED) is 0.289. The highest BCUT2D eigenvalue weighted by atomic mass is 15.1. The molecule has 5 rings (SSSR count). The van der Waals surface area contributed by atoms with Crippen molar-refractivity contribution >= 4 is 33.9 Å². The number of allylic oxidation sites excluding steroid dienone is 3. The molecule has 0 N–H and O–H groups in total. The minimum absolute atomic E-state index is 0.964. The Bertz CT molecular complexity index is 1430. The van der Waals surface area contributed by atoms with Crippen LogP contribution in [0.4, 0.5) is 17.1 Å². The van der Waals surface area contributed by atoms with Gasteiger partial charge in [0.15, 0.2) is 0 Å². The van der Waals surface area contributed by atoms with E-state index in [1.807, 2.05) is 0 Å². The second-order valence-electron chi connectivity index (χ2n) is 9.88. The number of fused-ring (bicyclic) bond motifs is 1. The van der Waals surface area contributed by atoms with Gasteiger partial charge in [-0.25, -0.2) is 4.99 Å². The third-order valence-electron chi connectivity index (χ3n) is 6.80. The van der Waals surface area contributed by atoms with Crippen LogP contribution < -0.4 is 9.80 Å². The van der Waals surface area contributed by atoms with E-state index in [1.165, 1.54) is 44.8 Å². The molecule has 0 spiro atoms. The Kier molecular flexibility index (Phi) is 6.78. The number of rotatable bonds is 5. The summed E-state index contributed by atoms with van der Waals surface area (Å²) in [7, 11) is 8.29. The molecule has 0 aromatic heterocycles. The van der Waals surface area contributed by atoms with E-state index in [1.54, 1.807) is 0 Å². The van der Waals surface area contributed by atoms with Crippen molar-refractivity contribution in [2.75, 3.05) is 38.0 Å². The molecule has 0 unspecified atom stereocenters. The van der Waals surface area contributed by atoms with Crippen molar-refractivity contribution in [1.29, 1.82) is 0 Å². The lowest BCUT2D eigenvalue weighted by Crippen LogP contribution is -2.10. The zero-order chi connectivity index (χ0) is 25.9. The van der Waals surface area contributed by atoms with E-state index in [-0.39, 0.29) is 0 Å². The van der Waals surface area contributed by atoms with Crippen LogP contribution in [0.3, 0.4) is 0 Å². The molecule has 3 heteroatoms. The van der Waals surface area contributed by atoms with E-state index in [0.29, 0.717) is 0 Å². The molecule has 0 aliphatic heterocycles. The number of benzene rings is 4. The van der Waals surface area contributed by atoms with E-state index >= 15 is 0 Å². The second kappa shape index (κ2) is 10.3. The standard InChI is InChI=1S/C34H33N3/c1-24-10-16-27(17-11-24)35-33-23-22-32(30-8-6-7-9-31(30)33)34(25-12-18-28(19-13-25)36(2)3)26-14-20-29(21-15-26)37(4)5/h6-23H,1-5H3. The molecular weight excluding hydrogens is 450 g/mol. The van der Waals surface area contributed by atoms with Gasteiger partial charge in [0.1, 0.15) is 0 Å². The van der Waals surface area contributed by atoms with Crippen molar-refractivity contribution in [2.45, 2.75) is 6.92 Å². The van der Waals surface area contributed by atoms with Crippen LogP contribution in [0.5, 0.6) is 0 Å². The average Bonchev–Trinajstić information content (AvgIpc) is 2.92. The molecule has 0 heterocycles. The predicted molar refractivity (Wildman–Crippen MR) is 160 cm³/mol. The highest BCUT2D eigenvalue weighted by Gasteiger charge is 2.20. The number of aryl methyl sites for hydroxylation is 1. The number of hydrogen-bond donors (Lipinski definition) is 0. The molecule has 0 saturated heterocycles. The Hall–Kier alpha value is -4.37. The minimum Gasteiger partial charge on any atom is -0.378 e. The molecule has 0 amide bonds. The summed E-state index contributed by atoms with van der Waals surface area (Å²) in [5.74, 6) is 0. The first-order valence-electron chi connectivity index (χ1n) is 12.6. The van der Waals surface area contributed by atoms with Gasteiger partial charge in [-0.3, -0.25) is 0 Å². The lowest BCUT2D eigenvalue weighted by molar-refractivity contribution is 1.13. The zero-order valence-corrected chi connectivity index (χ0v) is 22.2. The van der Waals surface area contributed by atoms with E-state index < -0.39 is 0 Å². The normalized spacial score (nSPS) is 13.4. The molecule has 0 bridgehead atoms. The summed E-state index contributed by atoms with van der Waals surface area (Å²) in [6, 6.07) is 34.6. The van der Waals surface area contributed by atoms with Crippen LogP contribution >= 0.6 is 0 Å². The summed E-state index contributed by atoms with van der Waals surface area (Å²) >= 11 is 0. The van der Waals surface area contributed by atoms with Crippen LogP contribution in [0.15, 0.2) is 114 Å². The maximum Gasteiger partial charge on any atom is 0.0715 e. The Morgan fingerprint density at radius 1 is 0.568 bits per heavy atom. The molecule has 0 fully saturated rings. The van der Waals surface area contributed by atoms with Crippen LogP contribution in [0.1, 0.15) is 27.8 Å². The first-order valence-corrected chi connectivity index (χ1v) is 12.6. The van der Waals surface area contributed by atoms with Crippen LogP contribution in [-0.4, -0.2) is 33.9 Å². The molecule has 1 aliphatic carbocycles. The van der Waals surface area contributed by atoms with Gasteiger partial charge in [0.05, 0.1) is 11.4 Å². The van der Waals surface area contributed by atoms with E-state index in [0.717, 1.165) is 17.0 Å². The molecule has 4 aromatic rings. The molecule has 4 aromatic carbocycles. The first-order chi connectivity index (χ1) is 17.9. The van der Waals surface area contributed by atoms with Crippen molar-refractivity contribution in [2.24, 2.45) is 4.99 Å². The summed E-state index contributed by atoms with van der Waals surface area (Å²) in [5.41, 5.74) is 12.7. The summed E-state index contributed by atoms with van der Waals surface area (Å²) in [4.78, 5) is 9.26. The Morgan fingerprint density at radius 3 is 1.59 bits per heavy atom. The number of anilines is 2. The van der Waals surface area contributed by atoms with E-state index in [4.69, 9.17) is 4.99 Å². The third kappa shape index (κ3) is 5.12. The van der Waals surface area contributed by atoms with Gasteiger partial charge in [0.25, 0.3) is 0 Å². The monoisotopic (exact) mass is 483 g/mol. The minimum atomic E-state index is 0.964. The van der Waals surface area contributed by atoms with Gasteiger partial charge in [-0.05, 0) is 77.2 Å². The Balaban J connectivity index is 1.70. The fourth-order valence-corrected chi connectivity index (χ4v) is 4.69. The summed E-state index contributed by atoms with van der Waals surface area (Å²) in [6.07, 6.45) is 4.38. The van der Waals surface area contributed by atoms with Crippen LogP contribution in [0, 0.1) is 6.92 Å². The van der Waals surface area contributed by atoms with Crippen molar-refractivity contribution in [3.63, 3.8) is 0 Å². The molecule has 1 aliphatic rings. The van der Waals surface area contributed by atoms with Gasteiger partial charge in [0, 0.05) is 45.1 Å². The average molecular weight is 484 g/mol. The van der Waals surface area contributed by atoms with Gasteiger partial charge in [-0.2, -0.15) is 0 Å². The predicted octanol–water partition coefficient (Wildman–Crippen LogP) is 7.78. The number of aliphatic imine (C=N–C) groups is 1. The lowest BCUT2D eigenvalue weighted by atomic mass is 9.83. The van der Waals surface area contributed by atoms with E-state index in [2.05, 4.69) is 154 Å². The fraction of sp³-hybridized carbons (Fsp3) is 0.147. The van der Waals surface area contributed by atoms with Gasteiger partial charge in [0.2, 0.25) is 0 Å². The molecule has 0 saturated carbocycles. The third-order valence-corrected chi connectivity index (χ3v) is 6.80. The molecule has 37 heavy (non-hydrogen) atoms. The van der Waals surface area contributed by atoms with Crippen molar-refractivity contribution in [3.8, 4) is 0 Å². The molecule has 184 valence electrons. The lowest BCUT2D eigenvalue weighted by Gasteiger charge is -2.22. The Labute approximate surface area is 220 Å². The second-order valence-corrected chi connectivity index (χ2v) is 9.88. The van der Waals surface area contributed by atoms with Crippen molar-refractivity contribution in [3.05, 3.63) is 137 Å². The van der Waals surface area contributed by atoms with Gasteiger partial charge >= 0.3 is 0 Å². The van der Waals surface area contributed by atoms with Crippen molar-refractivity contribution in [1.82, 2.24) is 0 Å². The van der Waals surface area contributed by atoms with Gasteiger partial charge in [-0.15, -0.1) is 0 Å². The SMILES string of the molecule is Cc1ccc(N=C2C=CC(=C(c3ccc(N(C)C)cc3)c3ccc(N(C)C)cc3)c3ccccc32)cc1. The largest absolute Gasteiger partial charge is 0.378 e. The van der Waals surface area contributed by atoms with Crippen LogP contribution in [0.2, 0.25) is 0 Å². The fourth-order valence-electron chi connectivity index (χ4n) is 4.69. The topological polar surface area (TPSA) is 18.8 Å². The van der Waals surface area contributed by atoms with E-state index in [9.17, 15) is 0 Å². The van der Waals surface area contributed by atoms with Gasteiger partial charge < -0.3 is 9.80 Å². The van der Waals surface area contributed by atoms with Crippen LogP contribution in [0.25, 0.3) is 11.1 Å². The van der Waals surface area contributed by atoms with Crippen molar-refractivity contribution < 1.29 is 0 Å². The molecular formula is C34H33N3. The summed E-state index contributed by atoms with van der Waals surface area (Å²) < 4.78 is 0. The maximum absolute atomic E-state index is 5.00.